The molecule has 0 saturated carbocycles. The number of benzene rings is 2. The predicted octanol–water partition coefficient (Wildman–Crippen LogP) is 2.76. The standard InChI is InChI=1S/C21H16N8O/c30-18(13-17-24-21-22-11-6-12-29(21)28-17)23-16-10-5-4-9-15(16)20-25-19(26-27-20)14-7-2-1-3-8-14/h1-12H,13H2,(H,23,30)(H,25,26,27). The Labute approximate surface area is 170 Å². The third-order valence-corrected chi connectivity index (χ3v) is 4.45. The minimum atomic E-state index is -0.235. The van der Waals surface area contributed by atoms with Crippen molar-refractivity contribution in [1.82, 2.24) is 34.8 Å². The summed E-state index contributed by atoms with van der Waals surface area (Å²) in [6.07, 6.45) is 3.40. The molecular weight excluding hydrogens is 380 g/mol. The summed E-state index contributed by atoms with van der Waals surface area (Å²) in [6, 6.07) is 18.9. The van der Waals surface area contributed by atoms with Crippen LogP contribution in [0.5, 0.6) is 0 Å². The molecule has 3 heterocycles. The second kappa shape index (κ2) is 7.55. The molecule has 9 nitrogen and oxygen atoms in total. The largest absolute Gasteiger partial charge is 0.325 e. The Morgan fingerprint density at radius 3 is 2.70 bits per heavy atom. The zero-order valence-electron chi connectivity index (χ0n) is 15.7. The van der Waals surface area contributed by atoms with Gasteiger partial charge < -0.3 is 5.32 Å². The molecule has 0 aliphatic carbocycles. The Kier molecular flexibility index (Phi) is 4.45. The molecule has 2 aromatic carbocycles. The Morgan fingerprint density at radius 2 is 1.83 bits per heavy atom. The van der Waals surface area contributed by atoms with Gasteiger partial charge in [0, 0.05) is 23.5 Å². The summed E-state index contributed by atoms with van der Waals surface area (Å²) >= 11 is 0. The summed E-state index contributed by atoms with van der Waals surface area (Å²) in [5, 5.41) is 14.4. The molecule has 1 amide bonds. The molecule has 3 aromatic heterocycles. The lowest BCUT2D eigenvalue weighted by molar-refractivity contribution is -0.115. The molecule has 9 heteroatoms. The van der Waals surface area contributed by atoms with E-state index in [2.05, 4.69) is 35.6 Å². The number of anilines is 1. The predicted molar refractivity (Wildman–Crippen MR) is 110 cm³/mol. The molecule has 0 fully saturated rings. The second-order valence-electron chi connectivity index (χ2n) is 6.54. The molecular formula is C21H16N8O. The number of rotatable bonds is 5. The van der Waals surface area contributed by atoms with Crippen LogP contribution in [0.2, 0.25) is 0 Å². The normalized spacial score (nSPS) is 10.9. The van der Waals surface area contributed by atoms with Crippen LogP contribution in [0.25, 0.3) is 28.6 Å². The van der Waals surface area contributed by atoms with Gasteiger partial charge in [0.1, 0.15) is 0 Å². The quantitative estimate of drug-likeness (QED) is 0.472. The highest BCUT2D eigenvalue weighted by molar-refractivity contribution is 5.95. The van der Waals surface area contributed by atoms with Gasteiger partial charge in [-0.25, -0.2) is 14.5 Å². The van der Waals surface area contributed by atoms with Crippen LogP contribution in [0, 0.1) is 0 Å². The number of carbonyl (C=O) groups excluding carboxylic acids is 1. The van der Waals surface area contributed by atoms with Gasteiger partial charge in [-0.05, 0) is 18.2 Å². The van der Waals surface area contributed by atoms with Gasteiger partial charge >= 0.3 is 0 Å². The zero-order chi connectivity index (χ0) is 20.3. The highest BCUT2D eigenvalue weighted by Gasteiger charge is 2.15. The molecule has 0 bridgehead atoms. The van der Waals surface area contributed by atoms with Crippen LogP contribution in [0.3, 0.4) is 0 Å². The molecule has 146 valence electrons. The fourth-order valence-corrected chi connectivity index (χ4v) is 3.09. The van der Waals surface area contributed by atoms with Gasteiger partial charge in [0.15, 0.2) is 17.5 Å². The van der Waals surface area contributed by atoms with Gasteiger partial charge in [0.2, 0.25) is 5.91 Å². The number of aromatic nitrogens is 7. The van der Waals surface area contributed by atoms with Gasteiger partial charge in [-0.1, -0.05) is 42.5 Å². The molecule has 2 N–H and O–H groups in total. The van der Waals surface area contributed by atoms with Crippen molar-refractivity contribution in [2.45, 2.75) is 6.42 Å². The van der Waals surface area contributed by atoms with E-state index < -0.39 is 0 Å². The Hall–Kier alpha value is -4.40. The van der Waals surface area contributed by atoms with Crippen LogP contribution in [0.15, 0.2) is 73.1 Å². The van der Waals surface area contributed by atoms with Gasteiger partial charge in [0.25, 0.3) is 5.78 Å². The number of H-pyrrole nitrogens is 1. The van der Waals surface area contributed by atoms with Gasteiger partial charge in [-0.2, -0.15) is 10.1 Å². The molecule has 30 heavy (non-hydrogen) atoms. The van der Waals surface area contributed by atoms with Crippen LogP contribution in [0.1, 0.15) is 5.82 Å². The molecule has 0 unspecified atom stereocenters. The molecule has 0 atom stereocenters. The summed E-state index contributed by atoms with van der Waals surface area (Å²) in [6.45, 7) is 0. The number of amides is 1. The SMILES string of the molecule is O=C(Cc1nc2ncccn2n1)Nc1ccccc1-c1nc(-c2ccccc2)n[nH]1. The number of carbonyl (C=O) groups is 1. The van der Waals surface area contributed by atoms with Crippen LogP contribution >= 0.6 is 0 Å². The summed E-state index contributed by atoms with van der Waals surface area (Å²) < 4.78 is 1.54. The third-order valence-electron chi connectivity index (χ3n) is 4.45. The van der Waals surface area contributed by atoms with Crippen LogP contribution in [0.4, 0.5) is 5.69 Å². The molecule has 5 rings (SSSR count). The van der Waals surface area contributed by atoms with Crippen LogP contribution in [-0.2, 0) is 11.2 Å². The number of nitrogens with one attached hydrogen (secondary N) is 2. The van der Waals surface area contributed by atoms with E-state index in [0.717, 1.165) is 11.1 Å². The Morgan fingerprint density at radius 1 is 1.00 bits per heavy atom. The van der Waals surface area contributed by atoms with E-state index in [-0.39, 0.29) is 12.3 Å². The van der Waals surface area contributed by atoms with Crippen molar-refractivity contribution in [3.8, 4) is 22.8 Å². The van der Waals surface area contributed by atoms with Gasteiger partial charge in [-0.3, -0.25) is 9.89 Å². The summed E-state index contributed by atoms with van der Waals surface area (Å²) in [4.78, 5) is 25.6. The van der Waals surface area contributed by atoms with Crippen molar-refractivity contribution in [3.63, 3.8) is 0 Å². The molecule has 0 saturated heterocycles. The maximum atomic E-state index is 12.6. The third kappa shape index (κ3) is 3.51. The molecule has 0 spiro atoms. The lowest BCUT2D eigenvalue weighted by Gasteiger charge is -2.08. The minimum absolute atomic E-state index is 0.0311. The van der Waals surface area contributed by atoms with E-state index in [9.17, 15) is 4.79 Å². The highest BCUT2D eigenvalue weighted by atomic mass is 16.1. The monoisotopic (exact) mass is 396 g/mol. The summed E-state index contributed by atoms with van der Waals surface area (Å²) in [5.41, 5.74) is 2.28. The first-order valence-corrected chi connectivity index (χ1v) is 9.29. The van der Waals surface area contributed by atoms with Crippen molar-refractivity contribution in [3.05, 3.63) is 78.9 Å². The Balaban J connectivity index is 1.37. The average molecular weight is 396 g/mol. The smallest absolute Gasteiger partial charge is 0.252 e. The minimum Gasteiger partial charge on any atom is -0.325 e. The first-order valence-electron chi connectivity index (χ1n) is 9.29. The number of nitrogens with zero attached hydrogens (tertiary/aromatic N) is 6. The lowest BCUT2D eigenvalue weighted by atomic mass is 10.1. The molecule has 5 aromatic rings. The summed E-state index contributed by atoms with van der Waals surface area (Å²) in [5.74, 6) is 1.78. The van der Waals surface area contributed by atoms with E-state index in [0.29, 0.717) is 28.9 Å². The number of aromatic amines is 1. The van der Waals surface area contributed by atoms with Crippen LogP contribution < -0.4 is 5.32 Å². The van der Waals surface area contributed by atoms with Gasteiger partial charge in [-0.15, -0.1) is 5.10 Å². The maximum absolute atomic E-state index is 12.6. The first kappa shape index (κ1) is 17.7. The van der Waals surface area contributed by atoms with Crippen molar-refractivity contribution in [1.29, 1.82) is 0 Å². The topological polar surface area (TPSA) is 114 Å². The van der Waals surface area contributed by atoms with E-state index in [1.54, 1.807) is 18.5 Å². The lowest BCUT2D eigenvalue weighted by Crippen LogP contribution is -2.16. The zero-order valence-corrected chi connectivity index (χ0v) is 15.7. The molecule has 0 aliphatic rings. The van der Waals surface area contributed by atoms with Crippen molar-refractivity contribution in [2.75, 3.05) is 5.32 Å². The first-order chi connectivity index (χ1) is 14.8. The average Bonchev–Trinajstić information content (AvgIpc) is 3.41. The van der Waals surface area contributed by atoms with Crippen LogP contribution in [-0.4, -0.2) is 40.7 Å². The molecule has 0 aliphatic heterocycles. The molecule has 0 radical (unpaired) electrons. The van der Waals surface area contributed by atoms with E-state index >= 15 is 0 Å². The van der Waals surface area contributed by atoms with E-state index in [1.165, 1.54) is 4.52 Å². The van der Waals surface area contributed by atoms with E-state index in [1.807, 2.05) is 54.6 Å². The number of hydrogen-bond donors (Lipinski definition) is 2. The van der Waals surface area contributed by atoms with Crippen molar-refractivity contribution < 1.29 is 4.79 Å². The second-order valence-corrected chi connectivity index (χ2v) is 6.54. The maximum Gasteiger partial charge on any atom is 0.252 e. The number of fused-ring (bicyclic) bond motifs is 1. The van der Waals surface area contributed by atoms with Crippen molar-refractivity contribution in [2.24, 2.45) is 0 Å². The number of para-hydroxylation sites is 1. The van der Waals surface area contributed by atoms with Crippen molar-refractivity contribution >= 4 is 17.4 Å². The Bertz CT molecular complexity index is 1290. The fourth-order valence-electron chi connectivity index (χ4n) is 3.09. The number of hydrogen-bond acceptors (Lipinski definition) is 6. The summed E-state index contributed by atoms with van der Waals surface area (Å²) in [7, 11) is 0. The highest BCUT2D eigenvalue weighted by Crippen LogP contribution is 2.26. The van der Waals surface area contributed by atoms with Gasteiger partial charge in [0.05, 0.1) is 12.1 Å². The van der Waals surface area contributed by atoms with E-state index in [4.69, 9.17) is 0 Å². The fraction of sp³-hybridized carbons (Fsp3) is 0.0476.